The van der Waals surface area contributed by atoms with Gasteiger partial charge in [-0.2, -0.15) is 11.3 Å². The maximum absolute atomic E-state index is 10.0. The number of hydrogen-bond donors (Lipinski definition) is 1. The number of halogens is 1. The lowest BCUT2D eigenvalue weighted by Crippen LogP contribution is -1.98. The molecule has 2 aromatic heterocycles. The molecule has 2 aromatic rings. The summed E-state index contributed by atoms with van der Waals surface area (Å²) in [5.41, 5.74) is 1.67. The van der Waals surface area contributed by atoms with Crippen LogP contribution in [0.2, 0.25) is 0 Å². The van der Waals surface area contributed by atoms with E-state index in [0.717, 1.165) is 20.6 Å². The molecule has 0 aliphatic rings. The first-order valence-electron chi connectivity index (χ1n) is 3.88. The highest BCUT2D eigenvalue weighted by molar-refractivity contribution is 9.10. The standard InChI is InChI=1S/C8H7BrN2OS2/c1-4-8(14-11-10-4)7(12)5-2-13-3-6(5)9/h2-3,7,12H,1H3. The van der Waals surface area contributed by atoms with Crippen LogP contribution in [0.3, 0.4) is 0 Å². The van der Waals surface area contributed by atoms with Gasteiger partial charge in [0.15, 0.2) is 0 Å². The number of hydrogen-bond acceptors (Lipinski definition) is 5. The predicted molar refractivity (Wildman–Crippen MR) is 60.7 cm³/mol. The van der Waals surface area contributed by atoms with Gasteiger partial charge in [0, 0.05) is 15.4 Å². The molecule has 0 saturated carbocycles. The van der Waals surface area contributed by atoms with E-state index in [0.29, 0.717) is 0 Å². The van der Waals surface area contributed by atoms with Crippen LogP contribution in [0.1, 0.15) is 22.2 Å². The summed E-state index contributed by atoms with van der Waals surface area (Å²) in [5, 5.41) is 17.8. The average molecular weight is 291 g/mol. The molecule has 0 aromatic carbocycles. The van der Waals surface area contributed by atoms with Crippen LogP contribution in [-0.2, 0) is 0 Å². The fraction of sp³-hybridized carbons (Fsp3) is 0.250. The van der Waals surface area contributed by atoms with Crippen molar-refractivity contribution in [3.63, 3.8) is 0 Å². The van der Waals surface area contributed by atoms with Crippen molar-refractivity contribution in [1.29, 1.82) is 0 Å². The molecule has 0 fully saturated rings. The van der Waals surface area contributed by atoms with E-state index >= 15 is 0 Å². The lowest BCUT2D eigenvalue weighted by molar-refractivity contribution is 0.223. The third kappa shape index (κ3) is 1.75. The molecule has 1 N–H and O–H groups in total. The Bertz CT molecular complexity index is 400. The van der Waals surface area contributed by atoms with Gasteiger partial charge in [0.25, 0.3) is 0 Å². The van der Waals surface area contributed by atoms with Crippen LogP contribution < -0.4 is 0 Å². The van der Waals surface area contributed by atoms with Crippen molar-refractivity contribution in [2.75, 3.05) is 0 Å². The SMILES string of the molecule is Cc1nnsc1C(O)c1cscc1Br. The molecule has 74 valence electrons. The van der Waals surface area contributed by atoms with Crippen LogP contribution in [-0.4, -0.2) is 14.7 Å². The Morgan fingerprint density at radius 3 is 2.79 bits per heavy atom. The number of aliphatic hydroxyl groups excluding tert-OH is 1. The highest BCUT2D eigenvalue weighted by Gasteiger charge is 2.19. The Hall–Kier alpha value is -0.300. The molecule has 0 saturated heterocycles. The van der Waals surface area contributed by atoms with Crippen LogP contribution in [0.5, 0.6) is 0 Å². The zero-order valence-electron chi connectivity index (χ0n) is 7.27. The summed E-state index contributed by atoms with van der Waals surface area (Å²) in [7, 11) is 0. The fourth-order valence-electron chi connectivity index (χ4n) is 1.12. The minimum atomic E-state index is -0.615. The topological polar surface area (TPSA) is 46.0 Å². The van der Waals surface area contributed by atoms with Crippen LogP contribution >= 0.6 is 38.8 Å². The van der Waals surface area contributed by atoms with Gasteiger partial charge in [-0.3, -0.25) is 0 Å². The van der Waals surface area contributed by atoms with Crippen LogP contribution in [0.4, 0.5) is 0 Å². The number of aromatic nitrogens is 2. The van der Waals surface area contributed by atoms with E-state index in [-0.39, 0.29) is 0 Å². The Balaban J connectivity index is 2.38. The van der Waals surface area contributed by atoms with E-state index in [2.05, 4.69) is 25.5 Å². The number of rotatable bonds is 2. The van der Waals surface area contributed by atoms with E-state index in [4.69, 9.17) is 0 Å². The summed E-state index contributed by atoms with van der Waals surface area (Å²) >= 11 is 6.18. The molecule has 3 nitrogen and oxygen atoms in total. The maximum atomic E-state index is 10.0. The van der Waals surface area contributed by atoms with E-state index in [1.54, 1.807) is 11.3 Å². The summed E-state index contributed by atoms with van der Waals surface area (Å²) in [6.45, 7) is 1.85. The second-order valence-corrected chi connectivity index (χ2v) is 5.18. The molecule has 1 atom stereocenters. The molecule has 1 unspecified atom stereocenters. The summed E-state index contributed by atoms with van der Waals surface area (Å²) in [5.74, 6) is 0. The summed E-state index contributed by atoms with van der Waals surface area (Å²) in [6.07, 6.45) is -0.615. The molecule has 0 amide bonds. The molecule has 2 rings (SSSR count). The Kier molecular flexibility index (Phi) is 2.96. The quantitative estimate of drug-likeness (QED) is 0.925. The third-order valence-corrected chi connectivity index (χ3v) is 4.50. The van der Waals surface area contributed by atoms with Crippen molar-refractivity contribution in [1.82, 2.24) is 9.59 Å². The molecule has 2 heterocycles. The zero-order chi connectivity index (χ0) is 10.1. The van der Waals surface area contributed by atoms with Gasteiger partial charge < -0.3 is 5.11 Å². The molecule has 0 aliphatic carbocycles. The van der Waals surface area contributed by atoms with Crippen LogP contribution in [0.25, 0.3) is 0 Å². The van der Waals surface area contributed by atoms with Crippen molar-refractivity contribution in [2.45, 2.75) is 13.0 Å². The lowest BCUT2D eigenvalue weighted by Gasteiger charge is -2.06. The van der Waals surface area contributed by atoms with E-state index in [9.17, 15) is 5.11 Å². The number of thiophene rings is 1. The van der Waals surface area contributed by atoms with Crippen molar-refractivity contribution < 1.29 is 5.11 Å². The molecule has 0 aliphatic heterocycles. The zero-order valence-corrected chi connectivity index (χ0v) is 10.5. The predicted octanol–water partition coefficient (Wildman–Crippen LogP) is 2.75. The van der Waals surface area contributed by atoms with Crippen LogP contribution in [0.15, 0.2) is 15.2 Å². The number of aliphatic hydroxyl groups is 1. The number of nitrogens with zero attached hydrogens (tertiary/aromatic N) is 2. The molecule has 6 heteroatoms. The van der Waals surface area contributed by atoms with Gasteiger partial charge in [-0.25, -0.2) is 0 Å². The molecule has 14 heavy (non-hydrogen) atoms. The van der Waals surface area contributed by atoms with Crippen LogP contribution in [0, 0.1) is 6.92 Å². The van der Waals surface area contributed by atoms with Gasteiger partial charge >= 0.3 is 0 Å². The third-order valence-electron chi connectivity index (χ3n) is 1.87. The minimum Gasteiger partial charge on any atom is -0.383 e. The second-order valence-electron chi connectivity index (χ2n) is 2.80. The van der Waals surface area contributed by atoms with Crippen molar-refractivity contribution in [3.05, 3.63) is 31.4 Å². The van der Waals surface area contributed by atoms with Gasteiger partial charge in [0.1, 0.15) is 6.10 Å². The maximum Gasteiger partial charge on any atom is 0.119 e. The molecule has 0 radical (unpaired) electrons. The molecule has 0 spiro atoms. The van der Waals surface area contributed by atoms with E-state index < -0.39 is 6.10 Å². The van der Waals surface area contributed by atoms with E-state index in [1.807, 2.05) is 17.7 Å². The fourth-order valence-corrected chi connectivity index (χ4v) is 3.30. The smallest absolute Gasteiger partial charge is 0.119 e. The number of aryl methyl sites for hydroxylation is 1. The van der Waals surface area contributed by atoms with Gasteiger partial charge in [-0.15, -0.1) is 5.10 Å². The highest BCUT2D eigenvalue weighted by Crippen LogP contribution is 2.33. The second kappa shape index (κ2) is 4.06. The summed E-state index contributed by atoms with van der Waals surface area (Å²) in [4.78, 5) is 0.809. The average Bonchev–Trinajstić information content (AvgIpc) is 2.73. The monoisotopic (exact) mass is 290 g/mol. The Morgan fingerprint density at radius 2 is 2.29 bits per heavy atom. The van der Waals surface area contributed by atoms with Gasteiger partial charge in [-0.05, 0) is 39.8 Å². The Labute approximate surface area is 97.7 Å². The van der Waals surface area contributed by atoms with E-state index in [1.165, 1.54) is 11.5 Å². The first kappa shape index (κ1) is 10.2. The van der Waals surface area contributed by atoms with Crippen molar-refractivity contribution in [3.8, 4) is 0 Å². The molecular weight excluding hydrogens is 284 g/mol. The highest BCUT2D eigenvalue weighted by atomic mass is 79.9. The van der Waals surface area contributed by atoms with Crippen molar-refractivity contribution in [2.24, 2.45) is 0 Å². The lowest BCUT2D eigenvalue weighted by atomic mass is 10.1. The first-order chi connectivity index (χ1) is 6.70. The van der Waals surface area contributed by atoms with Gasteiger partial charge in [0.05, 0.1) is 10.6 Å². The largest absolute Gasteiger partial charge is 0.383 e. The summed E-state index contributed by atoms with van der Waals surface area (Å²) < 4.78 is 4.74. The molecule has 0 bridgehead atoms. The van der Waals surface area contributed by atoms with Gasteiger partial charge in [0.2, 0.25) is 0 Å². The minimum absolute atomic E-state index is 0.615. The van der Waals surface area contributed by atoms with Crippen molar-refractivity contribution >= 4 is 38.8 Å². The molecular formula is C8H7BrN2OS2. The Morgan fingerprint density at radius 1 is 1.50 bits per heavy atom. The summed E-state index contributed by atoms with van der Waals surface area (Å²) in [6, 6.07) is 0. The normalized spacial score (nSPS) is 13.1. The van der Waals surface area contributed by atoms with Gasteiger partial charge in [-0.1, -0.05) is 4.49 Å². The first-order valence-corrected chi connectivity index (χ1v) is 6.39.